The summed E-state index contributed by atoms with van der Waals surface area (Å²) in [5, 5.41) is 0.633. The lowest BCUT2D eigenvalue weighted by Crippen LogP contribution is -2.41. The van der Waals surface area contributed by atoms with Gasteiger partial charge in [-0.15, -0.1) is 0 Å². The van der Waals surface area contributed by atoms with E-state index in [-0.39, 0.29) is 18.3 Å². The maximum atomic E-state index is 6.02. The van der Waals surface area contributed by atoms with Crippen molar-refractivity contribution in [1.82, 2.24) is 4.98 Å². The Balaban J connectivity index is 1.65. The fourth-order valence-corrected chi connectivity index (χ4v) is 2.85. The zero-order chi connectivity index (χ0) is 15.8. The predicted molar refractivity (Wildman–Crippen MR) is 88.6 cm³/mol. The molecule has 3 rings (SSSR count). The van der Waals surface area contributed by atoms with Crippen LogP contribution in [-0.2, 0) is 15.9 Å². The van der Waals surface area contributed by atoms with Gasteiger partial charge < -0.3 is 14.0 Å². The lowest BCUT2D eigenvalue weighted by molar-refractivity contribution is 0.00578. The van der Waals surface area contributed by atoms with E-state index in [1.165, 1.54) is 11.3 Å². The van der Waals surface area contributed by atoms with Crippen LogP contribution in [0.5, 0.6) is 5.19 Å². The molecule has 1 aromatic carbocycles. The van der Waals surface area contributed by atoms with Gasteiger partial charge in [-0.05, 0) is 33.3 Å². The zero-order valence-corrected chi connectivity index (χ0v) is 14.1. The molecule has 0 saturated carbocycles. The summed E-state index contributed by atoms with van der Waals surface area (Å²) in [7, 11) is -0.378. The number of thiazole rings is 1. The minimum Gasteiger partial charge on any atom is -0.465 e. The highest BCUT2D eigenvalue weighted by Gasteiger charge is 2.52. The van der Waals surface area contributed by atoms with Crippen LogP contribution in [-0.4, -0.2) is 23.3 Å². The summed E-state index contributed by atoms with van der Waals surface area (Å²) >= 11 is 1.47. The fraction of sp³-hybridized carbons (Fsp3) is 0.438. The van der Waals surface area contributed by atoms with Gasteiger partial charge in [-0.3, -0.25) is 0 Å². The molecule has 1 aliphatic heterocycles. The average molecular weight is 317 g/mol. The molecule has 116 valence electrons. The molecule has 1 aliphatic rings. The van der Waals surface area contributed by atoms with Crippen molar-refractivity contribution < 1.29 is 14.0 Å². The first kappa shape index (κ1) is 15.5. The molecular weight excluding hydrogens is 297 g/mol. The largest absolute Gasteiger partial charge is 0.507 e. The van der Waals surface area contributed by atoms with E-state index in [9.17, 15) is 0 Å². The van der Waals surface area contributed by atoms with Crippen LogP contribution in [0.4, 0.5) is 0 Å². The van der Waals surface area contributed by atoms with Gasteiger partial charge in [-0.1, -0.05) is 41.7 Å². The Morgan fingerprint density at radius 2 is 1.73 bits per heavy atom. The number of aromatic nitrogens is 1. The Morgan fingerprint density at radius 3 is 2.36 bits per heavy atom. The summed E-state index contributed by atoms with van der Waals surface area (Å²) in [5.41, 5.74) is 0.439. The van der Waals surface area contributed by atoms with Crippen molar-refractivity contribution in [2.24, 2.45) is 0 Å². The Kier molecular flexibility index (Phi) is 4.01. The molecule has 1 fully saturated rings. The molecule has 1 aromatic heterocycles. The summed E-state index contributed by atoms with van der Waals surface area (Å²) < 4.78 is 18.7. The lowest BCUT2D eigenvalue weighted by Gasteiger charge is -2.32. The summed E-state index contributed by atoms with van der Waals surface area (Å²) in [6, 6.07) is 10.0. The summed E-state index contributed by atoms with van der Waals surface area (Å²) in [6.07, 6.45) is 1.77. The monoisotopic (exact) mass is 317 g/mol. The number of ether oxygens (including phenoxy) is 1. The van der Waals surface area contributed by atoms with E-state index in [1.54, 1.807) is 6.20 Å². The van der Waals surface area contributed by atoms with Gasteiger partial charge in [0, 0.05) is 6.20 Å². The molecule has 22 heavy (non-hydrogen) atoms. The molecular formula is C16H20BNO3S. The van der Waals surface area contributed by atoms with Gasteiger partial charge in [0.25, 0.3) is 5.19 Å². The summed E-state index contributed by atoms with van der Waals surface area (Å²) in [4.78, 5) is 4.31. The second-order valence-corrected chi connectivity index (χ2v) is 7.42. The van der Waals surface area contributed by atoms with E-state index in [0.29, 0.717) is 11.8 Å². The van der Waals surface area contributed by atoms with Crippen LogP contribution in [0.25, 0.3) is 0 Å². The smallest absolute Gasteiger partial charge is 0.465 e. The van der Waals surface area contributed by atoms with Gasteiger partial charge in [0.15, 0.2) is 0 Å². The average Bonchev–Trinajstić information content (AvgIpc) is 3.01. The number of hydrogen-bond acceptors (Lipinski definition) is 5. The second-order valence-electron chi connectivity index (χ2n) is 6.39. The molecule has 0 bridgehead atoms. The Hall–Kier alpha value is -1.37. The minimum atomic E-state index is -0.378. The van der Waals surface area contributed by atoms with E-state index in [1.807, 2.05) is 58.0 Å². The van der Waals surface area contributed by atoms with Crippen molar-refractivity contribution in [3.8, 4) is 5.19 Å². The molecule has 0 radical (unpaired) electrons. The van der Waals surface area contributed by atoms with Gasteiger partial charge in [-0.2, -0.15) is 0 Å². The number of benzene rings is 1. The van der Waals surface area contributed by atoms with E-state index in [2.05, 4.69) is 4.98 Å². The van der Waals surface area contributed by atoms with Crippen molar-refractivity contribution in [2.45, 2.75) is 45.5 Å². The molecule has 0 aliphatic carbocycles. The van der Waals surface area contributed by atoms with Gasteiger partial charge >= 0.3 is 7.12 Å². The van der Waals surface area contributed by atoms with Crippen LogP contribution in [0.1, 0.15) is 33.3 Å². The van der Waals surface area contributed by atoms with E-state index in [0.717, 1.165) is 10.3 Å². The first-order valence-electron chi connectivity index (χ1n) is 7.35. The number of hydrogen-bond donors (Lipinski definition) is 0. The normalized spacial score (nSPS) is 19.4. The van der Waals surface area contributed by atoms with Crippen LogP contribution < -0.4 is 9.51 Å². The molecule has 0 atom stereocenters. The van der Waals surface area contributed by atoms with E-state index in [4.69, 9.17) is 14.0 Å². The van der Waals surface area contributed by atoms with E-state index < -0.39 is 0 Å². The Morgan fingerprint density at radius 1 is 1.09 bits per heavy atom. The predicted octanol–water partition coefficient (Wildman–Crippen LogP) is 3.02. The van der Waals surface area contributed by atoms with Crippen LogP contribution in [0.2, 0.25) is 0 Å². The topological polar surface area (TPSA) is 40.6 Å². The van der Waals surface area contributed by atoms with Gasteiger partial charge in [0.05, 0.1) is 16.0 Å². The van der Waals surface area contributed by atoms with Gasteiger partial charge in [-0.25, -0.2) is 4.98 Å². The van der Waals surface area contributed by atoms with Crippen LogP contribution >= 0.6 is 11.3 Å². The molecule has 0 spiro atoms. The zero-order valence-electron chi connectivity index (χ0n) is 13.3. The first-order chi connectivity index (χ1) is 10.4. The van der Waals surface area contributed by atoms with Crippen molar-refractivity contribution in [3.05, 3.63) is 42.1 Å². The molecule has 0 N–H and O–H groups in total. The van der Waals surface area contributed by atoms with Crippen molar-refractivity contribution >= 4 is 23.2 Å². The fourth-order valence-electron chi connectivity index (χ4n) is 2.12. The quantitative estimate of drug-likeness (QED) is 0.813. The van der Waals surface area contributed by atoms with E-state index >= 15 is 0 Å². The molecule has 6 heteroatoms. The molecule has 2 heterocycles. The summed E-state index contributed by atoms with van der Waals surface area (Å²) in [5.74, 6) is 0. The number of rotatable bonds is 4. The SMILES string of the molecule is CC1(C)OB(c2cnc(OCc3ccccc3)s2)OC1(C)C. The number of nitrogens with zero attached hydrogens (tertiary/aromatic N) is 1. The standard InChI is InChI=1S/C16H20BNO3S/c1-15(2)16(3,4)21-17(20-15)13-10-18-14(22-13)19-11-12-8-6-5-7-9-12/h5-10H,11H2,1-4H3. The highest BCUT2D eigenvalue weighted by Crippen LogP contribution is 2.37. The lowest BCUT2D eigenvalue weighted by atomic mass is 9.89. The third-order valence-corrected chi connectivity index (χ3v) is 5.12. The van der Waals surface area contributed by atoms with Crippen molar-refractivity contribution in [3.63, 3.8) is 0 Å². The van der Waals surface area contributed by atoms with Crippen LogP contribution in [0, 0.1) is 0 Å². The highest BCUT2D eigenvalue weighted by atomic mass is 32.1. The Bertz CT molecular complexity index is 626. The summed E-state index contributed by atoms with van der Waals surface area (Å²) in [6.45, 7) is 8.68. The maximum absolute atomic E-state index is 6.02. The third kappa shape index (κ3) is 3.04. The highest BCUT2D eigenvalue weighted by molar-refractivity contribution is 7.23. The Labute approximate surface area is 135 Å². The van der Waals surface area contributed by atoms with Crippen molar-refractivity contribution in [2.75, 3.05) is 0 Å². The minimum absolute atomic E-state index is 0.341. The second kappa shape index (κ2) is 5.68. The van der Waals surface area contributed by atoms with Gasteiger partial charge in [0.1, 0.15) is 6.61 Å². The molecule has 1 saturated heterocycles. The maximum Gasteiger partial charge on any atom is 0.507 e. The van der Waals surface area contributed by atoms with Gasteiger partial charge in [0.2, 0.25) is 0 Å². The van der Waals surface area contributed by atoms with Crippen molar-refractivity contribution in [1.29, 1.82) is 0 Å². The third-order valence-electron chi connectivity index (χ3n) is 4.19. The molecule has 0 unspecified atom stereocenters. The van der Waals surface area contributed by atoms with Crippen LogP contribution in [0.15, 0.2) is 36.5 Å². The molecule has 2 aromatic rings. The first-order valence-corrected chi connectivity index (χ1v) is 8.17. The van der Waals surface area contributed by atoms with Crippen LogP contribution in [0.3, 0.4) is 0 Å². The molecule has 0 amide bonds. The molecule has 4 nitrogen and oxygen atoms in total.